The summed E-state index contributed by atoms with van der Waals surface area (Å²) in [5.74, 6) is 0.845. The van der Waals surface area contributed by atoms with Crippen molar-refractivity contribution >= 4 is 55.5 Å². The van der Waals surface area contributed by atoms with E-state index in [1.165, 1.54) is 114 Å². The summed E-state index contributed by atoms with van der Waals surface area (Å²) in [7, 11) is 0. The summed E-state index contributed by atoms with van der Waals surface area (Å²) < 4.78 is 2.41. The zero-order valence-electron chi connectivity index (χ0n) is 39.5. The lowest BCUT2D eigenvalue weighted by Crippen LogP contribution is -2.01. The number of fused-ring (bicyclic) bond motifs is 5. The number of hydrogen-bond acceptors (Lipinski definition) is 0. The summed E-state index contributed by atoms with van der Waals surface area (Å²) in [6, 6.07) is 46.0. The van der Waals surface area contributed by atoms with Crippen molar-refractivity contribution < 1.29 is 0 Å². The van der Waals surface area contributed by atoms with E-state index >= 15 is 0 Å². The van der Waals surface area contributed by atoms with Gasteiger partial charge in [-0.3, -0.25) is 0 Å². The number of allylic oxidation sites excluding steroid dienone is 14. The van der Waals surface area contributed by atoms with E-state index in [4.69, 9.17) is 0 Å². The third-order valence-corrected chi connectivity index (χ3v) is 14.1. The van der Waals surface area contributed by atoms with E-state index in [1.807, 2.05) is 6.07 Å². The molecule has 1 fully saturated rings. The van der Waals surface area contributed by atoms with E-state index in [9.17, 15) is 0 Å². The maximum Gasteiger partial charge on any atom is 0.0491 e. The molecule has 6 aromatic carbocycles. The molecule has 0 spiro atoms. The SMILES string of the molecule is C1=CC2CC2(CCCCC2=CCC=CC3=C2C=CCC=C3)C=C1.CCc1ccc2c(c1)c1cc(C)ccc1n2CC.Cc1ccc2cccc3ccc(ccc1/C=C\c1ccccc1)cc23. The monoisotopic (exact) mass is 860 g/mol. The Kier molecular flexibility index (Phi) is 13.9. The largest absolute Gasteiger partial charge is 0.341 e. The highest BCUT2D eigenvalue weighted by Gasteiger charge is 2.50. The topological polar surface area (TPSA) is 4.93 Å². The first-order valence-corrected chi connectivity index (χ1v) is 24.5. The minimum atomic E-state index is 0.545. The van der Waals surface area contributed by atoms with Crippen molar-refractivity contribution in [2.24, 2.45) is 11.3 Å². The van der Waals surface area contributed by atoms with E-state index in [-0.39, 0.29) is 0 Å². The van der Waals surface area contributed by atoms with E-state index in [0.717, 1.165) is 31.7 Å². The van der Waals surface area contributed by atoms with E-state index in [2.05, 4.69) is 233 Å². The molecular weight excluding hydrogens is 795 g/mol. The van der Waals surface area contributed by atoms with Crippen molar-refractivity contribution in [3.8, 4) is 0 Å². The first kappa shape index (κ1) is 44.5. The van der Waals surface area contributed by atoms with Gasteiger partial charge in [-0.15, -0.1) is 0 Å². The number of aryl methyl sites for hydroxylation is 4. The average Bonchev–Trinajstić information content (AvgIpc) is 4.10. The first-order chi connectivity index (χ1) is 32.4. The second-order valence-corrected chi connectivity index (χ2v) is 18.6. The molecule has 0 aliphatic heterocycles. The summed E-state index contributed by atoms with van der Waals surface area (Å²) >= 11 is 0. The molecule has 7 aromatic rings. The van der Waals surface area contributed by atoms with Crippen LogP contribution in [0.5, 0.6) is 0 Å². The molecule has 0 radical (unpaired) electrons. The van der Waals surface area contributed by atoms with Gasteiger partial charge in [0.15, 0.2) is 0 Å². The van der Waals surface area contributed by atoms with E-state index < -0.39 is 0 Å². The number of benzene rings is 5. The van der Waals surface area contributed by atoms with Gasteiger partial charge in [-0.05, 0) is 168 Å². The summed E-state index contributed by atoms with van der Waals surface area (Å²) in [5, 5.41) is 7.87. The molecule has 1 saturated carbocycles. The van der Waals surface area contributed by atoms with Crippen LogP contribution in [0, 0.1) is 25.2 Å². The number of unbranched alkanes of at least 4 members (excludes halogenated alkanes) is 1. The highest BCUT2D eigenvalue weighted by molar-refractivity contribution is 6.08. The first-order valence-electron chi connectivity index (χ1n) is 24.5. The molecule has 66 heavy (non-hydrogen) atoms. The fourth-order valence-corrected chi connectivity index (χ4v) is 10.2. The molecular formula is C65H65N. The molecule has 1 heteroatoms. The predicted octanol–water partition coefficient (Wildman–Crippen LogP) is 18.1. The van der Waals surface area contributed by atoms with Crippen molar-refractivity contribution in [3.05, 3.63) is 239 Å². The van der Waals surface area contributed by atoms with Crippen LogP contribution in [-0.4, -0.2) is 4.57 Å². The molecule has 1 nitrogen and oxygen atoms in total. The Bertz CT molecular complexity index is 3150. The van der Waals surface area contributed by atoms with Crippen LogP contribution in [0.4, 0.5) is 0 Å². The Labute approximate surface area is 393 Å². The van der Waals surface area contributed by atoms with Gasteiger partial charge in [0.25, 0.3) is 0 Å². The van der Waals surface area contributed by atoms with Crippen LogP contribution in [0.25, 0.3) is 55.5 Å². The Balaban J connectivity index is 0.000000126. The fraction of sp³-hybridized carbons (Fsp3) is 0.231. The Hall–Kier alpha value is -6.70. The van der Waals surface area contributed by atoms with Crippen LogP contribution in [0.15, 0.2) is 211 Å². The summed E-state index contributed by atoms with van der Waals surface area (Å²) in [5.41, 5.74) is 14.1. The molecule has 0 amide bonds. The van der Waals surface area contributed by atoms with Crippen molar-refractivity contribution in [1.82, 2.24) is 4.57 Å². The Morgan fingerprint density at radius 2 is 1.41 bits per heavy atom. The fourth-order valence-electron chi connectivity index (χ4n) is 10.2. The van der Waals surface area contributed by atoms with E-state index in [1.54, 1.807) is 5.57 Å². The van der Waals surface area contributed by atoms with E-state index in [0.29, 0.717) is 5.41 Å². The number of nitrogens with zero attached hydrogens (tertiary/aromatic N) is 1. The smallest absolute Gasteiger partial charge is 0.0491 e. The molecule has 2 atom stereocenters. The third-order valence-electron chi connectivity index (χ3n) is 14.1. The molecule has 2 unspecified atom stereocenters. The van der Waals surface area contributed by atoms with Gasteiger partial charge in [0.1, 0.15) is 0 Å². The van der Waals surface area contributed by atoms with Crippen molar-refractivity contribution in [2.45, 2.75) is 85.6 Å². The molecule has 4 aliphatic rings. The third kappa shape index (κ3) is 10.2. The second kappa shape index (κ2) is 20.6. The summed E-state index contributed by atoms with van der Waals surface area (Å²) in [6.07, 6.45) is 39.8. The minimum absolute atomic E-state index is 0.545. The molecule has 0 N–H and O–H groups in total. The number of hydrogen-bond donors (Lipinski definition) is 0. The Morgan fingerprint density at radius 3 is 2.21 bits per heavy atom. The molecule has 1 aromatic heterocycles. The molecule has 2 bridgehead atoms. The van der Waals surface area contributed by atoms with Crippen LogP contribution in [0.2, 0.25) is 0 Å². The normalized spacial score (nSPS) is 18.1. The van der Waals surface area contributed by atoms with Gasteiger partial charge in [-0.2, -0.15) is 0 Å². The van der Waals surface area contributed by atoms with Crippen LogP contribution in [0.3, 0.4) is 0 Å². The predicted molar refractivity (Wildman–Crippen MR) is 289 cm³/mol. The van der Waals surface area contributed by atoms with Crippen LogP contribution >= 0.6 is 0 Å². The quantitative estimate of drug-likeness (QED) is 0.127. The van der Waals surface area contributed by atoms with Gasteiger partial charge in [0.05, 0.1) is 0 Å². The maximum atomic E-state index is 2.46. The highest BCUT2D eigenvalue weighted by Crippen LogP contribution is 2.59. The lowest BCUT2D eigenvalue weighted by molar-refractivity contribution is 0.508. The Morgan fingerprint density at radius 1 is 0.652 bits per heavy atom. The molecule has 0 saturated heterocycles. The number of rotatable bonds is 9. The number of aromatic nitrogens is 1. The average molecular weight is 860 g/mol. The minimum Gasteiger partial charge on any atom is -0.341 e. The zero-order valence-corrected chi connectivity index (χ0v) is 39.5. The van der Waals surface area contributed by atoms with Gasteiger partial charge < -0.3 is 4.57 Å². The molecule has 4 aliphatic carbocycles. The van der Waals surface area contributed by atoms with Gasteiger partial charge in [0.2, 0.25) is 0 Å². The zero-order chi connectivity index (χ0) is 45.3. The van der Waals surface area contributed by atoms with Gasteiger partial charge in [-0.25, -0.2) is 0 Å². The standard InChI is InChI=1S/C25H20.C23H26.C17H19N/c1-19-10-14-23-8-5-9-24-17-13-21(18-25(23)24)12-16-22(19)15-11-20-6-3-2-4-7-20;1-2-10-19-11-4-5-12-20(22(19)15-3-1)13-6-8-16-23-17-9-7-14-21(23)18-23;1-4-13-7-9-17-15(11-13)14-10-12(3)6-8-16(14)18(17)5-2/h2-18H,1H3;2-4,7,9-12,14-15,17,21H,1,5-6,8,13,16,18H2;6-11H,4-5H2,1-3H3/b14-10?,15-11-,16-12?,19-10?,21-12?,22-16?,22-19?,23-14?;;. The maximum absolute atomic E-state index is 2.46. The molecule has 11 rings (SSSR count). The second-order valence-electron chi connectivity index (χ2n) is 18.6. The van der Waals surface area contributed by atoms with Crippen molar-refractivity contribution in [1.29, 1.82) is 0 Å². The van der Waals surface area contributed by atoms with Crippen LogP contribution in [-0.2, 0) is 13.0 Å². The van der Waals surface area contributed by atoms with Gasteiger partial charge in [-0.1, -0.05) is 195 Å². The van der Waals surface area contributed by atoms with Crippen molar-refractivity contribution in [2.75, 3.05) is 0 Å². The summed E-state index contributed by atoms with van der Waals surface area (Å²) in [6.45, 7) is 9.78. The van der Waals surface area contributed by atoms with Crippen LogP contribution in [0.1, 0.15) is 86.6 Å². The highest BCUT2D eigenvalue weighted by atomic mass is 15.0. The summed E-state index contributed by atoms with van der Waals surface area (Å²) in [4.78, 5) is 0. The molecule has 330 valence electrons. The lowest BCUT2D eigenvalue weighted by atomic mass is 9.90. The lowest BCUT2D eigenvalue weighted by Gasteiger charge is -2.15. The van der Waals surface area contributed by atoms with Crippen molar-refractivity contribution in [3.63, 3.8) is 0 Å². The van der Waals surface area contributed by atoms with Gasteiger partial charge >= 0.3 is 0 Å². The molecule has 1 heterocycles. The van der Waals surface area contributed by atoms with Crippen LogP contribution < -0.4 is 0 Å². The van der Waals surface area contributed by atoms with Gasteiger partial charge in [0, 0.05) is 28.4 Å².